The van der Waals surface area contributed by atoms with Crippen LogP contribution in [0.25, 0.3) is 5.69 Å². The number of nitrogens with one attached hydrogen (secondary N) is 1. The number of benzene rings is 2. The van der Waals surface area contributed by atoms with Crippen LogP contribution in [-0.4, -0.2) is 39.6 Å². The molecular weight excluding hydrogens is 412 g/mol. The van der Waals surface area contributed by atoms with Crippen molar-refractivity contribution in [1.82, 2.24) is 20.1 Å². The van der Waals surface area contributed by atoms with Gasteiger partial charge in [0.1, 0.15) is 19.0 Å². The van der Waals surface area contributed by atoms with Crippen molar-refractivity contribution in [2.75, 3.05) is 19.0 Å². The number of aromatic nitrogens is 3. The Kier molecular flexibility index (Phi) is 5.55. The summed E-state index contributed by atoms with van der Waals surface area (Å²) in [4.78, 5) is 17.3. The van der Waals surface area contributed by atoms with Crippen LogP contribution in [-0.2, 0) is 4.79 Å². The van der Waals surface area contributed by atoms with Crippen molar-refractivity contribution in [3.8, 4) is 17.2 Å². The third kappa shape index (κ3) is 4.54. The first-order chi connectivity index (χ1) is 15.2. The molecule has 3 aromatic rings. The quantitative estimate of drug-likeness (QED) is 0.566. The third-order valence-electron chi connectivity index (χ3n) is 5.33. The van der Waals surface area contributed by atoms with Gasteiger partial charge in [-0.2, -0.15) is 0 Å². The summed E-state index contributed by atoms with van der Waals surface area (Å²) in [6, 6.07) is 15.7. The second-order valence-electron chi connectivity index (χ2n) is 7.76. The van der Waals surface area contributed by atoms with E-state index in [0.717, 1.165) is 41.4 Å². The second-order valence-corrected chi connectivity index (χ2v) is 8.70. The summed E-state index contributed by atoms with van der Waals surface area (Å²) in [5.41, 5.74) is 1.98. The molecule has 1 aliphatic carbocycles. The van der Waals surface area contributed by atoms with Gasteiger partial charge in [0.2, 0.25) is 11.1 Å². The first-order valence-electron chi connectivity index (χ1n) is 10.5. The van der Waals surface area contributed by atoms with E-state index in [1.165, 1.54) is 11.8 Å². The van der Waals surface area contributed by atoms with E-state index in [1.807, 2.05) is 60.1 Å². The van der Waals surface area contributed by atoms with Crippen LogP contribution < -0.4 is 14.8 Å². The largest absolute Gasteiger partial charge is 0.486 e. The highest BCUT2D eigenvalue weighted by Gasteiger charge is 2.30. The zero-order chi connectivity index (χ0) is 21.2. The average Bonchev–Trinajstić information content (AvgIpc) is 3.57. The van der Waals surface area contributed by atoms with Crippen LogP contribution in [0.2, 0.25) is 0 Å². The number of para-hydroxylation sites is 1. The standard InChI is InChI=1S/C23H24N4O3S/c1-15(17-9-10-19-20(13-17)30-12-11-29-19)24-21(28)14-31-23-25-22(16-7-8-16)27(26-23)18-5-3-2-4-6-18/h2-6,9-10,13,15-16H,7-8,11-12,14H2,1H3,(H,24,28). The minimum atomic E-state index is -0.138. The van der Waals surface area contributed by atoms with Gasteiger partial charge in [0, 0.05) is 5.92 Å². The maximum atomic E-state index is 12.5. The number of nitrogens with zero attached hydrogens (tertiary/aromatic N) is 3. The molecule has 1 atom stereocenters. The molecule has 2 aliphatic rings. The number of rotatable bonds is 7. The van der Waals surface area contributed by atoms with Gasteiger partial charge < -0.3 is 14.8 Å². The molecule has 2 aromatic carbocycles. The summed E-state index contributed by atoms with van der Waals surface area (Å²) in [5, 5.41) is 8.33. The van der Waals surface area contributed by atoms with Crippen LogP contribution in [0, 0.1) is 0 Å². The fourth-order valence-corrected chi connectivity index (χ4v) is 4.20. The molecule has 1 fully saturated rings. The van der Waals surface area contributed by atoms with Crippen LogP contribution >= 0.6 is 11.8 Å². The lowest BCUT2D eigenvalue weighted by atomic mass is 10.1. The summed E-state index contributed by atoms with van der Waals surface area (Å²) < 4.78 is 13.1. The molecule has 8 heteroatoms. The van der Waals surface area contributed by atoms with Crippen LogP contribution in [0.5, 0.6) is 11.5 Å². The molecule has 2 heterocycles. The van der Waals surface area contributed by atoms with E-state index in [2.05, 4.69) is 10.4 Å². The fourth-order valence-electron chi connectivity index (χ4n) is 3.56. The Morgan fingerprint density at radius 2 is 1.94 bits per heavy atom. The van der Waals surface area contributed by atoms with Crippen LogP contribution in [0.3, 0.4) is 0 Å². The van der Waals surface area contributed by atoms with E-state index in [1.54, 1.807) is 0 Å². The first-order valence-corrected chi connectivity index (χ1v) is 11.5. The van der Waals surface area contributed by atoms with E-state index in [0.29, 0.717) is 24.3 Å². The monoisotopic (exact) mass is 436 g/mol. The number of thioether (sulfide) groups is 1. The summed E-state index contributed by atoms with van der Waals surface area (Å²) in [5.74, 6) is 3.12. The molecule has 7 nitrogen and oxygen atoms in total. The smallest absolute Gasteiger partial charge is 0.230 e. The Bertz CT molecular complexity index is 1080. The van der Waals surface area contributed by atoms with Crippen LogP contribution in [0.15, 0.2) is 53.7 Å². The Balaban J connectivity index is 1.22. The summed E-state index contributed by atoms with van der Waals surface area (Å²) >= 11 is 1.36. The maximum Gasteiger partial charge on any atom is 0.230 e. The van der Waals surface area contributed by atoms with Crippen molar-refractivity contribution in [3.63, 3.8) is 0 Å². The number of hydrogen-bond donors (Lipinski definition) is 1. The Hall–Kier alpha value is -3.00. The van der Waals surface area contributed by atoms with Crippen LogP contribution in [0.4, 0.5) is 0 Å². The molecule has 0 spiro atoms. The minimum Gasteiger partial charge on any atom is -0.486 e. The topological polar surface area (TPSA) is 78.3 Å². The predicted octanol–water partition coefficient (Wildman–Crippen LogP) is 3.89. The van der Waals surface area contributed by atoms with E-state index < -0.39 is 0 Å². The van der Waals surface area contributed by atoms with Gasteiger partial charge in [-0.25, -0.2) is 9.67 Å². The van der Waals surface area contributed by atoms with Crippen molar-refractivity contribution < 1.29 is 14.3 Å². The van der Waals surface area contributed by atoms with Gasteiger partial charge in [-0.05, 0) is 49.6 Å². The van der Waals surface area contributed by atoms with Gasteiger partial charge >= 0.3 is 0 Å². The number of hydrogen-bond acceptors (Lipinski definition) is 6. The zero-order valence-corrected chi connectivity index (χ0v) is 18.1. The van der Waals surface area contributed by atoms with Crippen molar-refractivity contribution in [1.29, 1.82) is 0 Å². The summed E-state index contributed by atoms with van der Waals surface area (Å²) in [6.45, 7) is 3.06. The van der Waals surface area contributed by atoms with E-state index >= 15 is 0 Å². The van der Waals surface area contributed by atoms with Crippen molar-refractivity contribution in [2.24, 2.45) is 0 Å². The second kappa shape index (κ2) is 8.63. The number of carbonyl (C=O) groups is 1. The third-order valence-corrected chi connectivity index (χ3v) is 6.17. The SMILES string of the molecule is CC(NC(=O)CSc1nc(C2CC2)n(-c2ccccc2)n1)c1ccc2c(c1)OCCO2. The van der Waals surface area contributed by atoms with Gasteiger partial charge in [0.15, 0.2) is 11.5 Å². The Morgan fingerprint density at radius 1 is 1.16 bits per heavy atom. The lowest BCUT2D eigenvalue weighted by Gasteiger charge is -2.21. The van der Waals surface area contributed by atoms with Gasteiger partial charge in [0.05, 0.1) is 17.5 Å². The van der Waals surface area contributed by atoms with E-state index in [-0.39, 0.29) is 17.7 Å². The molecule has 1 saturated carbocycles. The van der Waals surface area contributed by atoms with E-state index in [9.17, 15) is 4.79 Å². The normalized spacial score (nSPS) is 16.0. The maximum absolute atomic E-state index is 12.5. The molecule has 1 unspecified atom stereocenters. The average molecular weight is 437 g/mol. The van der Waals surface area contributed by atoms with Crippen LogP contribution in [0.1, 0.15) is 43.1 Å². The van der Waals surface area contributed by atoms with Gasteiger partial charge in [-0.15, -0.1) is 5.10 Å². The Morgan fingerprint density at radius 3 is 2.71 bits per heavy atom. The number of fused-ring (bicyclic) bond motifs is 1. The molecule has 0 bridgehead atoms. The van der Waals surface area contributed by atoms with Gasteiger partial charge in [-0.3, -0.25) is 4.79 Å². The van der Waals surface area contributed by atoms with Gasteiger partial charge in [0.25, 0.3) is 0 Å². The molecule has 1 aromatic heterocycles. The molecule has 1 amide bonds. The predicted molar refractivity (Wildman–Crippen MR) is 118 cm³/mol. The van der Waals surface area contributed by atoms with Gasteiger partial charge in [-0.1, -0.05) is 36.0 Å². The molecule has 31 heavy (non-hydrogen) atoms. The lowest BCUT2D eigenvalue weighted by molar-refractivity contribution is -0.119. The highest BCUT2D eigenvalue weighted by molar-refractivity contribution is 7.99. The number of ether oxygens (including phenoxy) is 2. The molecule has 160 valence electrons. The lowest BCUT2D eigenvalue weighted by Crippen LogP contribution is -2.28. The Labute approximate surface area is 185 Å². The van der Waals surface area contributed by atoms with Crippen molar-refractivity contribution >= 4 is 17.7 Å². The number of amides is 1. The zero-order valence-electron chi connectivity index (χ0n) is 17.3. The molecule has 5 rings (SSSR count). The van der Waals surface area contributed by atoms with Crippen molar-refractivity contribution in [2.45, 2.75) is 36.9 Å². The minimum absolute atomic E-state index is 0.0589. The molecule has 0 saturated heterocycles. The first kappa shape index (κ1) is 19.9. The fraction of sp³-hybridized carbons (Fsp3) is 0.348. The molecule has 1 aliphatic heterocycles. The highest BCUT2D eigenvalue weighted by Crippen LogP contribution is 2.40. The summed E-state index contributed by atoms with van der Waals surface area (Å²) in [7, 11) is 0. The number of carbonyl (C=O) groups excluding carboxylic acids is 1. The van der Waals surface area contributed by atoms with E-state index in [4.69, 9.17) is 14.5 Å². The highest BCUT2D eigenvalue weighted by atomic mass is 32.2. The summed E-state index contributed by atoms with van der Waals surface area (Å²) in [6.07, 6.45) is 2.28. The molecular formula is C23H24N4O3S. The molecule has 1 N–H and O–H groups in total. The molecule has 0 radical (unpaired) electrons. The van der Waals surface area contributed by atoms with Crippen molar-refractivity contribution in [3.05, 3.63) is 59.9 Å².